The molecule has 6 heteroatoms. The number of aliphatic imine (C=N–C) groups is 1. The van der Waals surface area contributed by atoms with Gasteiger partial charge in [-0.3, -0.25) is 9.79 Å². The van der Waals surface area contributed by atoms with Crippen LogP contribution in [0.15, 0.2) is 29.3 Å². The van der Waals surface area contributed by atoms with E-state index in [4.69, 9.17) is 10.7 Å². The van der Waals surface area contributed by atoms with E-state index in [1.807, 2.05) is 24.3 Å². The molecule has 0 spiro atoms. The molecule has 3 N–H and O–H groups in total. The molecule has 0 amide bonds. The molecule has 0 aromatic heterocycles. The van der Waals surface area contributed by atoms with Crippen LogP contribution < -0.4 is 11.1 Å². The smallest absolute Gasteiger partial charge is 0.198 e. The lowest BCUT2D eigenvalue weighted by atomic mass is 9.81. The van der Waals surface area contributed by atoms with E-state index in [2.05, 4.69) is 15.1 Å². The Morgan fingerprint density at radius 2 is 1.81 bits per heavy atom. The number of benzene rings is 1. The first-order valence-corrected chi connectivity index (χ1v) is 12.7. The quantitative estimate of drug-likeness (QED) is 0.398. The van der Waals surface area contributed by atoms with Crippen molar-refractivity contribution in [2.75, 3.05) is 44.6 Å². The van der Waals surface area contributed by atoms with Crippen LogP contribution >= 0.6 is 0 Å². The fourth-order valence-corrected chi connectivity index (χ4v) is 5.71. The summed E-state index contributed by atoms with van der Waals surface area (Å²) >= 11 is 0. The van der Waals surface area contributed by atoms with Gasteiger partial charge in [0.1, 0.15) is 0 Å². The number of nitrogens with two attached hydrogens (primary N) is 1. The predicted molar refractivity (Wildman–Crippen MR) is 132 cm³/mol. The minimum Gasteiger partial charge on any atom is -0.343 e. The molecule has 3 aliphatic rings. The SMILES string of the molecule is CC(=O)c1cccc(NC(=NCC2CCCC(CN)C2)N2CCC(N3CCCC3)CC2)c1. The Morgan fingerprint density at radius 1 is 1.06 bits per heavy atom. The number of hydrogen-bond acceptors (Lipinski definition) is 4. The predicted octanol–water partition coefficient (Wildman–Crippen LogP) is 3.98. The van der Waals surface area contributed by atoms with Crippen LogP contribution in [0.4, 0.5) is 5.69 Å². The number of guanidine groups is 1. The monoisotopic (exact) mass is 439 g/mol. The Morgan fingerprint density at radius 3 is 2.53 bits per heavy atom. The standard InChI is InChI=1S/C26H41N5O/c1-20(32)23-8-5-9-24(17-23)29-26(28-19-22-7-4-6-21(16-22)18-27)31-14-10-25(11-15-31)30-12-2-3-13-30/h5,8-9,17,21-22,25H,2-4,6-7,10-16,18-19,27H2,1H3,(H,28,29). The number of likely N-dealkylation sites (tertiary alicyclic amines) is 2. The minimum atomic E-state index is 0.0913. The lowest BCUT2D eigenvalue weighted by Crippen LogP contribution is -2.48. The summed E-state index contributed by atoms with van der Waals surface area (Å²) < 4.78 is 0. The molecule has 1 aromatic carbocycles. The number of carbonyl (C=O) groups excluding carboxylic acids is 1. The molecule has 1 aliphatic carbocycles. The van der Waals surface area contributed by atoms with E-state index >= 15 is 0 Å². The van der Waals surface area contributed by atoms with Crippen molar-refractivity contribution >= 4 is 17.4 Å². The highest BCUT2D eigenvalue weighted by Crippen LogP contribution is 2.29. The number of ketones is 1. The first kappa shape index (κ1) is 23.2. The van der Waals surface area contributed by atoms with Crippen molar-refractivity contribution in [3.63, 3.8) is 0 Å². The summed E-state index contributed by atoms with van der Waals surface area (Å²) in [5.41, 5.74) is 7.64. The zero-order valence-corrected chi connectivity index (χ0v) is 19.8. The molecule has 2 aliphatic heterocycles. The molecule has 2 heterocycles. The van der Waals surface area contributed by atoms with Crippen LogP contribution in [0.3, 0.4) is 0 Å². The minimum absolute atomic E-state index is 0.0913. The highest BCUT2D eigenvalue weighted by atomic mass is 16.1. The van der Waals surface area contributed by atoms with Gasteiger partial charge in [0.15, 0.2) is 11.7 Å². The number of anilines is 1. The molecule has 2 saturated heterocycles. The summed E-state index contributed by atoms with van der Waals surface area (Å²) in [6, 6.07) is 8.52. The van der Waals surface area contributed by atoms with Crippen molar-refractivity contribution in [2.45, 2.75) is 64.3 Å². The Hall–Kier alpha value is -1.92. The van der Waals surface area contributed by atoms with Crippen LogP contribution in [-0.2, 0) is 0 Å². The average Bonchev–Trinajstić information content (AvgIpc) is 3.37. The van der Waals surface area contributed by atoms with E-state index in [9.17, 15) is 4.79 Å². The van der Waals surface area contributed by atoms with Crippen molar-refractivity contribution in [2.24, 2.45) is 22.6 Å². The van der Waals surface area contributed by atoms with E-state index in [0.717, 1.165) is 49.4 Å². The third kappa shape index (κ3) is 6.10. The van der Waals surface area contributed by atoms with Crippen LogP contribution in [0.1, 0.15) is 68.6 Å². The molecule has 0 radical (unpaired) electrons. The maximum absolute atomic E-state index is 11.9. The number of rotatable bonds is 6. The van der Waals surface area contributed by atoms with E-state index in [1.54, 1.807) is 6.92 Å². The second-order valence-electron chi connectivity index (χ2n) is 10.0. The summed E-state index contributed by atoms with van der Waals surface area (Å²) in [7, 11) is 0. The molecule has 32 heavy (non-hydrogen) atoms. The van der Waals surface area contributed by atoms with Crippen LogP contribution in [0.2, 0.25) is 0 Å². The number of carbonyl (C=O) groups is 1. The van der Waals surface area contributed by atoms with E-state index in [1.165, 1.54) is 64.5 Å². The Bertz CT molecular complexity index is 780. The van der Waals surface area contributed by atoms with E-state index in [0.29, 0.717) is 11.8 Å². The fraction of sp³-hybridized carbons (Fsp3) is 0.692. The highest BCUT2D eigenvalue weighted by molar-refractivity contribution is 5.98. The molecule has 0 bridgehead atoms. The zero-order valence-electron chi connectivity index (χ0n) is 19.8. The van der Waals surface area contributed by atoms with Gasteiger partial charge in [0, 0.05) is 36.9 Å². The Balaban J connectivity index is 1.44. The van der Waals surface area contributed by atoms with Crippen LogP contribution in [0.25, 0.3) is 0 Å². The molecule has 4 rings (SSSR count). The van der Waals surface area contributed by atoms with Gasteiger partial charge >= 0.3 is 0 Å². The average molecular weight is 440 g/mol. The molecular weight excluding hydrogens is 398 g/mol. The van der Waals surface area contributed by atoms with Crippen molar-refractivity contribution in [1.29, 1.82) is 0 Å². The third-order valence-corrected chi connectivity index (χ3v) is 7.67. The molecule has 1 aromatic rings. The molecule has 2 unspecified atom stereocenters. The normalized spacial score (nSPS) is 25.8. The molecule has 176 valence electrons. The van der Waals surface area contributed by atoms with Crippen LogP contribution in [0.5, 0.6) is 0 Å². The summed E-state index contributed by atoms with van der Waals surface area (Å²) in [6.45, 7) is 7.89. The molecular formula is C26H41N5O. The van der Waals surface area contributed by atoms with Gasteiger partial charge in [0.2, 0.25) is 0 Å². The number of nitrogens with one attached hydrogen (secondary N) is 1. The maximum Gasteiger partial charge on any atom is 0.198 e. The summed E-state index contributed by atoms with van der Waals surface area (Å²) in [4.78, 5) is 22.1. The summed E-state index contributed by atoms with van der Waals surface area (Å²) in [5, 5.41) is 3.58. The van der Waals surface area contributed by atoms with Gasteiger partial charge in [0.05, 0.1) is 0 Å². The van der Waals surface area contributed by atoms with E-state index < -0.39 is 0 Å². The van der Waals surface area contributed by atoms with Crippen molar-refractivity contribution in [3.05, 3.63) is 29.8 Å². The van der Waals surface area contributed by atoms with Gasteiger partial charge in [-0.2, -0.15) is 0 Å². The number of nitrogens with zero attached hydrogens (tertiary/aromatic N) is 3. The van der Waals surface area contributed by atoms with E-state index in [-0.39, 0.29) is 5.78 Å². The first-order chi connectivity index (χ1) is 15.6. The van der Waals surface area contributed by atoms with Gasteiger partial charge in [-0.15, -0.1) is 0 Å². The number of hydrogen-bond donors (Lipinski definition) is 2. The summed E-state index contributed by atoms with van der Waals surface area (Å²) in [5.74, 6) is 2.35. The Labute approximate surface area is 193 Å². The van der Waals surface area contributed by atoms with Gasteiger partial charge in [0.25, 0.3) is 0 Å². The third-order valence-electron chi connectivity index (χ3n) is 7.67. The highest BCUT2D eigenvalue weighted by Gasteiger charge is 2.28. The van der Waals surface area contributed by atoms with Crippen LogP contribution in [0, 0.1) is 11.8 Å². The maximum atomic E-state index is 11.9. The largest absolute Gasteiger partial charge is 0.343 e. The zero-order chi connectivity index (χ0) is 22.3. The van der Waals surface area contributed by atoms with Crippen molar-refractivity contribution < 1.29 is 4.79 Å². The Kier molecular flexibility index (Phi) is 8.20. The van der Waals surface area contributed by atoms with Crippen molar-refractivity contribution in [1.82, 2.24) is 9.80 Å². The number of Topliss-reactive ketones (excluding diaryl/α,β-unsaturated/α-hetero) is 1. The second-order valence-corrected chi connectivity index (χ2v) is 10.0. The second kappa shape index (κ2) is 11.3. The summed E-state index contributed by atoms with van der Waals surface area (Å²) in [6.07, 6.45) is 10.1. The lowest BCUT2D eigenvalue weighted by molar-refractivity contribution is 0.101. The number of piperidine rings is 1. The van der Waals surface area contributed by atoms with Crippen LogP contribution in [-0.4, -0.2) is 66.9 Å². The van der Waals surface area contributed by atoms with Gasteiger partial charge < -0.3 is 20.9 Å². The molecule has 6 nitrogen and oxygen atoms in total. The molecule has 3 fully saturated rings. The topological polar surface area (TPSA) is 74.0 Å². The van der Waals surface area contributed by atoms with Crippen molar-refractivity contribution in [3.8, 4) is 0 Å². The fourth-order valence-electron chi connectivity index (χ4n) is 5.71. The van der Waals surface area contributed by atoms with Gasteiger partial charge in [-0.25, -0.2) is 0 Å². The molecule has 2 atom stereocenters. The van der Waals surface area contributed by atoms with Gasteiger partial charge in [-0.1, -0.05) is 18.6 Å². The van der Waals surface area contributed by atoms with Gasteiger partial charge in [-0.05, 0) is 95.5 Å². The molecule has 1 saturated carbocycles. The lowest BCUT2D eigenvalue weighted by Gasteiger charge is -2.38. The first-order valence-electron chi connectivity index (χ1n) is 12.7.